The van der Waals surface area contributed by atoms with E-state index >= 15 is 0 Å². The number of esters is 1. The van der Waals surface area contributed by atoms with Crippen molar-refractivity contribution in [1.29, 1.82) is 0 Å². The lowest BCUT2D eigenvalue weighted by molar-refractivity contribution is -0.141. The maximum Gasteiger partial charge on any atom is 0.331 e. The number of ketones is 1. The Kier molecular flexibility index (Phi) is 13.7. The number of nitrogens with zero attached hydrogens (tertiary/aromatic N) is 2. The average molecular weight is 745 g/mol. The van der Waals surface area contributed by atoms with Crippen LogP contribution < -0.4 is 4.74 Å². The fourth-order valence-corrected chi connectivity index (χ4v) is 7.69. The van der Waals surface area contributed by atoms with Gasteiger partial charge < -0.3 is 18.9 Å². The lowest BCUT2D eigenvalue weighted by Crippen LogP contribution is -2.15. The molecule has 0 fully saturated rings. The van der Waals surface area contributed by atoms with E-state index in [1.54, 1.807) is 24.3 Å². The smallest absolute Gasteiger partial charge is 0.331 e. The highest BCUT2D eigenvalue weighted by Crippen LogP contribution is 2.39. The Hall–Kier alpha value is -5.24. The van der Waals surface area contributed by atoms with E-state index in [9.17, 15) is 14.4 Å². The minimum atomic E-state index is -0.504. The summed E-state index contributed by atoms with van der Waals surface area (Å²) in [7, 11) is 0. The minimum Gasteiger partial charge on any atom is -0.490 e. The highest BCUT2D eigenvalue weighted by Gasteiger charge is 2.24. The van der Waals surface area contributed by atoms with Crippen molar-refractivity contribution in [3.05, 3.63) is 102 Å². The van der Waals surface area contributed by atoms with Gasteiger partial charge in [-0.2, -0.15) is 0 Å². The predicted octanol–water partition coefficient (Wildman–Crippen LogP) is 11.2. The first kappa shape index (κ1) is 40.9. The summed E-state index contributed by atoms with van der Waals surface area (Å²) in [6.45, 7) is 19.3. The molecule has 4 aromatic carbocycles. The molecule has 0 radical (unpaired) electrons. The first-order chi connectivity index (χ1) is 26.3. The van der Waals surface area contributed by atoms with E-state index in [0.717, 1.165) is 82.2 Å². The van der Waals surface area contributed by atoms with Gasteiger partial charge in [0.05, 0.1) is 11.2 Å². The zero-order valence-corrected chi connectivity index (χ0v) is 33.6. The summed E-state index contributed by atoms with van der Waals surface area (Å²) in [5.74, 6) is 0.306. The molecule has 2 unspecified atom stereocenters. The summed E-state index contributed by atoms with van der Waals surface area (Å²) in [5, 5.41) is 8.33. The molecule has 0 aliphatic carbocycles. The molecule has 0 amide bonds. The van der Waals surface area contributed by atoms with Gasteiger partial charge in [-0.05, 0) is 84.4 Å². The number of aromatic nitrogens is 1. The largest absolute Gasteiger partial charge is 0.490 e. The van der Waals surface area contributed by atoms with Gasteiger partial charge in [-0.1, -0.05) is 103 Å². The van der Waals surface area contributed by atoms with Crippen molar-refractivity contribution < 1.29 is 28.7 Å². The lowest BCUT2D eigenvalue weighted by Gasteiger charge is -2.23. The number of benzene rings is 4. The first-order valence-corrected chi connectivity index (χ1v) is 19.6. The topological polar surface area (TPSA) is 96.2 Å². The highest BCUT2D eigenvalue weighted by molar-refractivity contribution is 6.26. The van der Waals surface area contributed by atoms with Crippen LogP contribution in [0.2, 0.25) is 0 Å². The summed E-state index contributed by atoms with van der Waals surface area (Å²) in [6.07, 6.45) is 7.28. The van der Waals surface area contributed by atoms with Crippen LogP contribution in [0.3, 0.4) is 0 Å². The third-order valence-electron chi connectivity index (χ3n) is 10.1. The number of fused-ring (bicyclic) bond motifs is 5. The number of unbranched alkanes of at least 4 members (excludes halogenated alkanes) is 1. The lowest BCUT2D eigenvalue weighted by atomic mass is 9.82. The van der Waals surface area contributed by atoms with E-state index in [2.05, 4.69) is 88.2 Å². The van der Waals surface area contributed by atoms with Crippen LogP contribution in [0.15, 0.2) is 90.6 Å². The third-order valence-corrected chi connectivity index (χ3v) is 10.1. The normalized spacial score (nSPS) is 13.2. The van der Waals surface area contributed by atoms with Crippen molar-refractivity contribution in [2.45, 2.75) is 93.5 Å². The monoisotopic (exact) mass is 744 g/mol. The van der Waals surface area contributed by atoms with Crippen molar-refractivity contribution >= 4 is 56.0 Å². The second kappa shape index (κ2) is 18.4. The zero-order chi connectivity index (χ0) is 39.7. The van der Waals surface area contributed by atoms with Gasteiger partial charge in [-0.15, -0.1) is 0 Å². The van der Waals surface area contributed by atoms with Crippen LogP contribution in [0, 0.1) is 17.3 Å². The molecule has 8 nitrogen and oxygen atoms in total. The van der Waals surface area contributed by atoms with Gasteiger partial charge in [0.25, 0.3) is 0 Å². The Balaban J connectivity index is 1.65. The Morgan fingerprint density at radius 2 is 1.60 bits per heavy atom. The average Bonchev–Trinajstić information content (AvgIpc) is 3.47. The van der Waals surface area contributed by atoms with Gasteiger partial charge in [-0.3, -0.25) is 4.79 Å². The molecule has 0 saturated heterocycles. The number of oxime groups is 1. The van der Waals surface area contributed by atoms with Crippen LogP contribution in [-0.4, -0.2) is 41.2 Å². The second-order valence-electron chi connectivity index (χ2n) is 15.9. The molecule has 0 N–H and O–H groups in total. The van der Waals surface area contributed by atoms with Crippen LogP contribution >= 0.6 is 0 Å². The molecule has 290 valence electrons. The van der Waals surface area contributed by atoms with Crippen molar-refractivity contribution in [2.75, 3.05) is 13.2 Å². The highest BCUT2D eigenvalue weighted by atomic mass is 16.7. The van der Waals surface area contributed by atoms with E-state index in [1.165, 1.54) is 13.3 Å². The summed E-state index contributed by atoms with van der Waals surface area (Å²) in [6, 6.07) is 23.7. The molecule has 0 spiro atoms. The molecule has 1 heterocycles. The van der Waals surface area contributed by atoms with Gasteiger partial charge in [0.15, 0.2) is 5.78 Å². The van der Waals surface area contributed by atoms with Gasteiger partial charge >= 0.3 is 11.9 Å². The molecular weight excluding hydrogens is 689 g/mol. The SMILES string of the molecule is C=CC(=O)OCCOc1ccc(C(=O)c2cc3c4cc(C(CC(C)CC(C)(C)C)=NOC(C)=O)ccc4n(CC(CC)CCCC)c3c3ccccc23)cc1. The predicted molar refractivity (Wildman–Crippen MR) is 223 cm³/mol. The van der Waals surface area contributed by atoms with Crippen LogP contribution in [-0.2, 0) is 25.7 Å². The van der Waals surface area contributed by atoms with E-state index in [4.69, 9.17) is 14.3 Å². The maximum atomic E-state index is 14.4. The molecular formula is C47H56N2O6. The van der Waals surface area contributed by atoms with Crippen LogP contribution in [0.4, 0.5) is 0 Å². The van der Waals surface area contributed by atoms with Crippen molar-refractivity contribution in [3.8, 4) is 5.75 Å². The van der Waals surface area contributed by atoms with Crippen molar-refractivity contribution in [2.24, 2.45) is 22.4 Å². The quantitative estimate of drug-likeness (QED) is 0.0169. The van der Waals surface area contributed by atoms with Crippen LogP contribution in [0.25, 0.3) is 32.6 Å². The van der Waals surface area contributed by atoms with Gasteiger partial charge in [0, 0.05) is 57.9 Å². The standard InChI is InChI=1S/C47H56N2O6/c1-9-12-15-33(10-2)30-49-43-23-20-35(42(48-55-32(5)50)26-31(4)29-47(6,7)8)27-39(43)40-28-41(37-16-13-14-17-38(37)45(40)49)46(52)34-18-21-36(22-19-34)53-24-25-54-44(51)11-3/h11,13-14,16-23,27-28,31,33H,3,9-10,12,15,24-26,29-30H2,1-2,4-8H3. The Morgan fingerprint density at radius 3 is 2.25 bits per heavy atom. The number of hydrogen-bond donors (Lipinski definition) is 0. The molecule has 0 bridgehead atoms. The minimum absolute atomic E-state index is 0.0934. The Labute approximate surface area is 325 Å². The second-order valence-corrected chi connectivity index (χ2v) is 15.9. The summed E-state index contributed by atoms with van der Waals surface area (Å²) in [4.78, 5) is 43.0. The van der Waals surface area contributed by atoms with Crippen molar-refractivity contribution in [3.63, 3.8) is 0 Å². The van der Waals surface area contributed by atoms with Crippen LogP contribution in [0.1, 0.15) is 108 Å². The summed E-state index contributed by atoms with van der Waals surface area (Å²) < 4.78 is 13.2. The molecule has 55 heavy (non-hydrogen) atoms. The van der Waals surface area contributed by atoms with Crippen LogP contribution in [0.5, 0.6) is 5.75 Å². The molecule has 0 aliphatic rings. The fraction of sp³-hybridized carbons (Fsp3) is 0.404. The first-order valence-electron chi connectivity index (χ1n) is 19.6. The molecule has 5 aromatic rings. The molecule has 8 heteroatoms. The van der Waals surface area contributed by atoms with E-state index in [-0.39, 0.29) is 24.4 Å². The number of hydrogen-bond acceptors (Lipinski definition) is 7. The van der Waals surface area contributed by atoms with Gasteiger partial charge in [-0.25, -0.2) is 9.59 Å². The summed E-state index contributed by atoms with van der Waals surface area (Å²) >= 11 is 0. The number of ether oxygens (including phenoxy) is 2. The van der Waals surface area contributed by atoms with E-state index in [1.807, 2.05) is 18.2 Å². The number of rotatable bonds is 18. The molecule has 2 atom stereocenters. The number of carbonyl (C=O) groups is 3. The van der Waals surface area contributed by atoms with E-state index in [0.29, 0.717) is 35.1 Å². The number of carbonyl (C=O) groups excluding carboxylic acids is 3. The zero-order valence-electron chi connectivity index (χ0n) is 33.6. The molecule has 0 saturated carbocycles. The Bertz CT molecular complexity index is 2190. The van der Waals surface area contributed by atoms with Gasteiger partial charge in [0.2, 0.25) is 0 Å². The molecule has 5 rings (SSSR count). The van der Waals surface area contributed by atoms with Gasteiger partial charge in [0.1, 0.15) is 19.0 Å². The third kappa shape index (κ3) is 10.3. The molecule has 1 aromatic heterocycles. The van der Waals surface area contributed by atoms with Crippen molar-refractivity contribution in [1.82, 2.24) is 4.57 Å². The maximum absolute atomic E-state index is 14.4. The summed E-state index contributed by atoms with van der Waals surface area (Å²) in [5.41, 5.74) is 5.10. The van der Waals surface area contributed by atoms with E-state index < -0.39 is 11.9 Å². The fourth-order valence-electron chi connectivity index (χ4n) is 7.69. The molecule has 0 aliphatic heterocycles. The Morgan fingerprint density at radius 1 is 0.891 bits per heavy atom.